The number of nitrogens with one attached hydrogen (secondary N) is 1. The van der Waals surface area contributed by atoms with Crippen LogP contribution in [0.25, 0.3) is 5.69 Å². The first kappa shape index (κ1) is 23.6. The van der Waals surface area contributed by atoms with Crippen LogP contribution in [0.1, 0.15) is 41.3 Å². The van der Waals surface area contributed by atoms with Crippen LogP contribution in [0.5, 0.6) is 0 Å². The van der Waals surface area contributed by atoms with Gasteiger partial charge in [-0.05, 0) is 37.8 Å². The van der Waals surface area contributed by atoms with Gasteiger partial charge in [-0.15, -0.1) is 0 Å². The molecule has 1 saturated heterocycles. The summed E-state index contributed by atoms with van der Waals surface area (Å²) in [5.74, 6) is -0.639. The molecule has 1 N–H and O–H groups in total. The van der Waals surface area contributed by atoms with Crippen LogP contribution < -0.4 is 5.32 Å². The average molecular weight is 477 g/mol. The summed E-state index contributed by atoms with van der Waals surface area (Å²) in [6.45, 7) is 4.29. The molecule has 2 atom stereocenters. The smallest absolute Gasteiger partial charge is 0.352 e. The van der Waals surface area contributed by atoms with E-state index in [1.165, 1.54) is 29.3 Å². The van der Waals surface area contributed by atoms with Gasteiger partial charge in [0.1, 0.15) is 11.5 Å². The van der Waals surface area contributed by atoms with E-state index in [1.54, 1.807) is 11.8 Å². The largest absolute Gasteiger partial charge is 0.419 e. The molecule has 0 bridgehead atoms. The highest BCUT2D eigenvalue weighted by Crippen LogP contribution is 2.30. The van der Waals surface area contributed by atoms with Crippen LogP contribution in [0.2, 0.25) is 0 Å². The predicted molar refractivity (Wildman–Crippen MR) is 115 cm³/mol. The maximum absolute atomic E-state index is 14.3. The van der Waals surface area contributed by atoms with Crippen LogP contribution in [0.15, 0.2) is 36.9 Å². The van der Waals surface area contributed by atoms with E-state index < -0.39 is 17.6 Å². The fourth-order valence-electron chi connectivity index (χ4n) is 4.17. The molecule has 2 aromatic heterocycles. The highest BCUT2D eigenvalue weighted by atomic mass is 19.4. The fourth-order valence-corrected chi connectivity index (χ4v) is 4.17. The molecular formula is C22H23F4N7O. The molecule has 0 unspecified atom stereocenters. The second kappa shape index (κ2) is 9.35. The number of likely N-dealkylation sites (tertiary alicyclic amines) is 1. The van der Waals surface area contributed by atoms with Gasteiger partial charge in [0.15, 0.2) is 0 Å². The number of anilines is 1. The van der Waals surface area contributed by atoms with Crippen LogP contribution in [0.4, 0.5) is 23.5 Å². The summed E-state index contributed by atoms with van der Waals surface area (Å²) in [5, 5.41) is 11.1. The molecule has 1 aliphatic heterocycles. The van der Waals surface area contributed by atoms with E-state index in [0.29, 0.717) is 18.9 Å². The van der Waals surface area contributed by atoms with Gasteiger partial charge in [-0.3, -0.25) is 4.79 Å². The number of carbonyl (C=O) groups is 1. The number of nitrogens with zero attached hydrogens (tertiary/aromatic N) is 6. The minimum atomic E-state index is -4.52. The van der Waals surface area contributed by atoms with Crippen LogP contribution in [-0.4, -0.2) is 54.9 Å². The van der Waals surface area contributed by atoms with Gasteiger partial charge in [-0.2, -0.15) is 28.2 Å². The highest BCUT2D eigenvalue weighted by Gasteiger charge is 2.35. The van der Waals surface area contributed by atoms with E-state index >= 15 is 0 Å². The van der Waals surface area contributed by atoms with E-state index in [0.717, 1.165) is 12.8 Å². The van der Waals surface area contributed by atoms with Crippen molar-refractivity contribution in [2.75, 3.05) is 18.4 Å². The summed E-state index contributed by atoms with van der Waals surface area (Å²) in [4.78, 5) is 24.1. The van der Waals surface area contributed by atoms with Gasteiger partial charge in [0.2, 0.25) is 5.95 Å². The number of aromatic nitrogens is 5. The number of carbonyl (C=O) groups excluding carboxylic acids is 1. The maximum Gasteiger partial charge on any atom is 0.419 e. The number of rotatable bonds is 5. The van der Waals surface area contributed by atoms with Gasteiger partial charge in [-0.1, -0.05) is 6.92 Å². The summed E-state index contributed by atoms with van der Waals surface area (Å²) in [7, 11) is 0. The van der Waals surface area contributed by atoms with Gasteiger partial charge < -0.3 is 10.2 Å². The number of benzene rings is 1. The normalized spacial score (nSPS) is 18.7. The Morgan fingerprint density at radius 3 is 2.50 bits per heavy atom. The molecule has 0 saturated carbocycles. The molecule has 12 heteroatoms. The molecule has 1 amide bonds. The standard InChI is InChI=1S/C22H23F4N7O/c1-13-4-3-9-32(18(13)12-29-21-27-10-15(11-28-21)22(24,25)26)20(34)16-5-6-17(23)14(2)19(16)33-30-7-8-31-33/h5-8,10-11,13,18H,3-4,9,12H2,1-2H3,(H,27,28,29)/t13-,18-/m1/s1. The van der Waals surface area contributed by atoms with Crippen molar-refractivity contribution >= 4 is 11.9 Å². The van der Waals surface area contributed by atoms with Crippen molar-refractivity contribution in [1.29, 1.82) is 0 Å². The summed E-state index contributed by atoms with van der Waals surface area (Å²) in [6, 6.07) is 2.38. The number of hydrogen-bond donors (Lipinski definition) is 1. The minimum absolute atomic E-state index is 0.0391. The first-order chi connectivity index (χ1) is 16.2. The Balaban J connectivity index is 1.58. The molecule has 1 aromatic carbocycles. The highest BCUT2D eigenvalue weighted by molar-refractivity contribution is 5.98. The van der Waals surface area contributed by atoms with E-state index in [2.05, 4.69) is 25.5 Å². The Labute approximate surface area is 193 Å². The molecule has 8 nitrogen and oxygen atoms in total. The Morgan fingerprint density at radius 1 is 1.18 bits per heavy atom. The molecule has 4 rings (SSSR count). The SMILES string of the molecule is Cc1c(F)ccc(C(=O)N2CCC[C@@H](C)[C@H]2CNc2ncc(C(F)(F)F)cn2)c1-n1nccn1. The molecule has 3 aromatic rings. The first-order valence-electron chi connectivity index (χ1n) is 10.8. The van der Waals surface area contributed by atoms with E-state index in [4.69, 9.17) is 0 Å². The maximum atomic E-state index is 14.3. The van der Waals surface area contributed by atoms with Crippen LogP contribution in [0.3, 0.4) is 0 Å². The number of alkyl halides is 3. The lowest BCUT2D eigenvalue weighted by molar-refractivity contribution is -0.138. The molecule has 0 spiro atoms. The summed E-state index contributed by atoms with van der Waals surface area (Å²) >= 11 is 0. The van der Waals surface area contributed by atoms with Crippen molar-refractivity contribution in [3.05, 3.63) is 59.4 Å². The summed E-state index contributed by atoms with van der Waals surface area (Å²) in [6.07, 6.45) is 1.46. The molecule has 3 heterocycles. The predicted octanol–water partition coefficient (Wildman–Crippen LogP) is 3.88. The molecule has 180 valence electrons. The Kier molecular flexibility index (Phi) is 6.49. The molecule has 1 fully saturated rings. The van der Waals surface area contributed by atoms with E-state index in [1.807, 2.05) is 6.92 Å². The van der Waals surface area contributed by atoms with Crippen LogP contribution in [-0.2, 0) is 6.18 Å². The molecule has 0 aliphatic carbocycles. The molecular weight excluding hydrogens is 454 g/mol. The number of hydrogen-bond acceptors (Lipinski definition) is 6. The lowest BCUT2D eigenvalue weighted by atomic mass is 9.89. The van der Waals surface area contributed by atoms with E-state index in [9.17, 15) is 22.4 Å². The quantitative estimate of drug-likeness (QED) is 0.562. The topological polar surface area (TPSA) is 88.8 Å². The Hall–Kier alpha value is -3.57. The molecule has 0 radical (unpaired) electrons. The van der Waals surface area contributed by atoms with Crippen molar-refractivity contribution in [2.45, 2.75) is 38.9 Å². The van der Waals surface area contributed by atoms with Crippen LogP contribution in [0, 0.1) is 18.7 Å². The monoisotopic (exact) mass is 477 g/mol. The third kappa shape index (κ3) is 4.70. The summed E-state index contributed by atoms with van der Waals surface area (Å²) in [5.41, 5.74) is -0.154. The van der Waals surface area contributed by atoms with Crippen molar-refractivity contribution in [1.82, 2.24) is 29.9 Å². The zero-order valence-electron chi connectivity index (χ0n) is 18.6. The van der Waals surface area contributed by atoms with Crippen LogP contribution >= 0.6 is 0 Å². The average Bonchev–Trinajstić information content (AvgIpc) is 3.33. The Bertz CT molecular complexity index is 1150. The molecule has 34 heavy (non-hydrogen) atoms. The van der Waals surface area contributed by atoms with Crippen molar-refractivity contribution in [2.24, 2.45) is 5.92 Å². The van der Waals surface area contributed by atoms with Gasteiger partial charge in [0.05, 0.1) is 29.6 Å². The fraction of sp³-hybridized carbons (Fsp3) is 0.409. The second-order valence-corrected chi connectivity index (χ2v) is 8.25. The summed E-state index contributed by atoms with van der Waals surface area (Å²) < 4.78 is 52.6. The zero-order valence-corrected chi connectivity index (χ0v) is 18.6. The third-order valence-corrected chi connectivity index (χ3v) is 6.04. The second-order valence-electron chi connectivity index (χ2n) is 8.25. The number of piperidine rings is 1. The molecule has 1 aliphatic rings. The number of amides is 1. The van der Waals surface area contributed by atoms with E-state index in [-0.39, 0.29) is 47.2 Å². The number of halogens is 4. The lowest BCUT2D eigenvalue weighted by Crippen LogP contribution is -2.51. The minimum Gasteiger partial charge on any atom is -0.352 e. The van der Waals surface area contributed by atoms with Gasteiger partial charge in [0, 0.05) is 31.0 Å². The van der Waals surface area contributed by atoms with Gasteiger partial charge >= 0.3 is 6.18 Å². The first-order valence-corrected chi connectivity index (χ1v) is 10.8. The van der Waals surface area contributed by atoms with Crippen molar-refractivity contribution in [3.8, 4) is 5.69 Å². The van der Waals surface area contributed by atoms with Crippen molar-refractivity contribution < 1.29 is 22.4 Å². The van der Waals surface area contributed by atoms with Gasteiger partial charge in [0.25, 0.3) is 5.91 Å². The lowest BCUT2D eigenvalue weighted by Gasteiger charge is -2.40. The Morgan fingerprint density at radius 2 is 1.85 bits per heavy atom. The van der Waals surface area contributed by atoms with Gasteiger partial charge in [-0.25, -0.2) is 14.4 Å². The third-order valence-electron chi connectivity index (χ3n) is 6.04. The zero-order chi connectivity index (χ0) is 24.5. The van der Waals surface area contributed by atoms with Crippen molar-refractivity contribution in [3.63, 3.8) is 0 Å².